The zero-order valence-corrected chi connectivity index (χ0v) is 14.7. The SMILES string of the molecule is COc1ccccc1[C@H](C)NC(=O)[C@@H]1Cc2ccccc2N1C(C)=O. The van der Waals surface area contributed by atoms with Crippen molar-refractivity contribution in [2.45, 2.75) is 32.4 Å². The average molecular weight is 338 g/mol. The highest BCUT2D eigenvalue weighted by atomic mass is 16.5. The molecule has 0 spiro atoms. The van der Waals surface area contributed by atoms with Crippen LogP contribution in [-0.4, -0.2) is 25.0 Å². The molecule has 2 atom stereocenters. The number of methoxy groups -OCH3 is 1. The molecule has 0 unspecified atom stereocenters. The molecular weight excluding hydrogens is 316 g/mol. The first-order valence-corrected chi connectivity index (χ1v) is 8.34. The zero-order valence-electron chi connectivity index (χ0n) is 14.7. The third-order valence-corrected chi connectivity index (χ3v) is 4.58. The quantitative estimate of drug-likeness (QED) is 0.932. The Bertz CT molecular complexity index is 803. The van der Waals surface area contributed by atoms with Crippen LogP contribution >= 0.6 is 0 Å². The van der Waals surface area contributed by atoms with Crippen LogP contribution < -0.4 is 15.0 Å². The number of carbonyl (C=O) groups is 2. The number of nitrogens with zero attached hydrogens (tertiary/aromatic N) is 1. The molecule has 0 radical (unpaired) electrons. The van der Waals surface area contributed by atoms with Crippen LogP contribution in [-0.2, 0) is 16.0 Å². The van der Waals surface area contributed by atoms with Crippen molar-refractivity contribution < 1.29 is 14.3 Å². The number of carbonyl (C=O) groups excluding carboxylic acids is 2. The maximum atomic E-state index is 12.9. The van der Waals surface area contributed by atoms with Crippen LogP contribution in [0, 0.1) is 0 Å². The molecule has 25 heavy (non-hydrogen) atoms. The van der Waals surface area contributed by atoms with Gasteiger partial charge in [0.15, 0.2) is 0 Å². The van der Waals surface area contributed by atoms with Gasteiger partial charge in [-0.25, -0.2) is 0 Å². The summed E-state index contributed by atoms with van der Waals surface area (Å²) < 4.78 is 5.37. The van der Waals surface area contributed by atoms with Gasteiger partial charge in [-0.15, -0.1) is 0 Å². The van der Waals surface area contributed by atoms with E-state index in [9.17, 15) is 9.59 Å². The minimum absolute atomic E-state index is 0.130. The summed E-state index contributed by atoms with van der Waals surface area (Å²) in [5.41, 5.74) is 2.74. The lowest BCUT2D eigenvalue weighted by Crippen LogP contribution is -2.47. The molecule has 2 aromatic carbocycles. The van der Waals surface area contributed by atoms with E-state index in [4.69, 9.17) is 4.74 Å². The fourth-order valence-corrected chi connectivity index (χ4v) is 3.40. The van der Waals surface area contributed by atoms with Crippen LogP contribution in [0.4, 0.5) is 5.69 Å². The Morgan fingerprint density at radius 3 is 2.56 bits per heavy atom. The third kappa shape index (κ3) is 3.22. The summed E-state index contributed by atoms with van der Waals surface area (Å²) in [7, 11) is 1.61. The van der Waals surface area contributed by atoms with E-state index < -0.39 is 6.04 Å². The summed E-state index contributed by atoms with van der Waals surface area (Å²) in [6, 6.07) is 14.5. The molecule has 2 aromatic rings. The van der Waals surface area contributed by atoms with E-state index in [2.05, 4.69) is 5.32 Å². The number of ether oxygens (including phenoxy) is 1. The molecule has 1 heterocycles. The maximum absolute atomic E-state index is 12.9. The van der Waals surface area contributed by atoms with E-state index in [0.717, 1.165) is 22.6 Å². The Balaban J connectivity index is 1.80. The predicted molar refractivity (Wildman–Crippen MR) is 96.6 cm³/mol. The van der Waals surface area contributed by atoms with Crippen LogP contribution in [0.15, 0.2) is 48.5 Å². The van der Waals surface area contributed by atoms with Crippen molar-refractivity contribution in [1.29, 1.82) is 0 Å². The largest absolute Gasteiger partial charge is 0.496 e. The molecule has 2 amide bonds. The molecule has 1 N–H and O–H groups in total. The van der Waals surface area contributed by atoms with Gasteiger partial charge >= 0.3 is 0 Å². The van der Waals surface area contributed by atoms with E-state index in [-0.39, 0.29) is 17.9 Å². The summed E-state index contributed by atoms with van der Waals surface area (Å²) in [6.07, 6.45) is 0.528. The second-order valence-corrected chi connectivity index (χ2v) is 6.21. The average Bonchev–Trinajstić information content (AvgIpc) is 3.01. The molecule has 0 saturated heterocycles. The van der Waals surface area contributed by atoms with Gasteiger partial charge in [0.2, 0.25) is 11.8 Å². The molecule has 0 bridgehead atoms. The van der Waals surface area contributed by atoms with Crippen LogP contribution in [0.3, 0.4) is 0 Å². The monoisotopic (exact) mass is 338 g/mol. The van der Waals surface area contributed by atoms with E-state index >= 15 is 0 Å². The number of anilines is 1. The van der Waals surface area contributed by atoms with E-state index in [1.165, 1.54) is 6.92 Å². The predicted octanol–water partition coefficient (Wildman–Crippen LogP) is 2.85. The smallest absolute Gasteiger partial charge is 0.244 e. The summed E-state index contributed by atoms with van der Waals surface area (Å²) in [5.74, 6) is 0.438. The van der Waals surface area contributed by atoms with Crippen molar-refractivity contribution >= 4 is 17.5 Å². The number of fused-ring (bicyclic) bond motifs is 1. The van der Waals surface area contributed by atoms with Gasteiger partial charge in [-0.1, -0.05) is 36.4 Å². The minimum atomic E-state index is -0.521. The van der Waals surface area contributed by atoms with Gasteiger partial charge in [-0.05, 0) is 24.6 Å². The van der Waals surface area contributed by atoms with Crippen LogP contribution in [0.1, 0.15) is 31.0 Å². The summed E-state index contributed by atoms with van der Waals surface area (Å²) in [4.78, 5) is 26.6. The van der Waals surface area contributed by atoms with Crippen molar-refractivity contribution in [1.82, 2.24) is 5.32 Å². The lowest BCUT2D eigenvalue weighted by Gasteiger charge is -2.25. The summed E-state index contributed by atoms with van der Waals surface area (Å²) in [6.45, 7) is 3.40. The van der Waals surface area contributed by atoms with Crippen molar-refractivity contribution in [3.63, 3.8) is 0 Å². The fourth-order valence-electron chi connectivity index (χ4n) is 3.40. The van der Waals surface area contributed by atoms with Gasteiger partial charge in [-0.2, -0.15) is 0 Å². The standard InChI is InChI=1S/C20H22N2O3/c1-13(16-9-5-7-11-19(16)25-3)21-20(24)18-12-15-8-4-6-10-17(15)22(18)14(2)23/h4-11,13,18H,12H2,1-3H3,(H,21,24)/t13-,18-/m0/s1. The fraction of sp³-hybridized carbons (Fsp3) is 0.300. The van der Waals surface area contributed by atoms with Crippen LogP contribution in [0.5, 0.6) is 5.75 Å². The van der Waals surface area contributed by atoms with Crippen molar-refractivity contribution in [2.75, 3.05) is 12.0 Å². The summed E-state index contributed by atoms with van der Waals surface area (Å²) in [5, 5.41) is 3.02. The Labute approximate surface area is 147 Å². The molecule has 130 valence electrons. The molecule has 1 aliphatic rings. The van der Waals surface area contributed by atoms with E-state index in [0.29, 0.717) is 6.42 Å². The Morgan fingerprint density at radius 2 is 1.84 bits per heavy atom. The number of hydrogen-bond acceptors (Lipinski definition) is 3. The van der Waals surface area contributed by atoms with Gasteiger partial charge < -0.3 is 10.1 Å². The highest BCUT2D eigenvalue weighted by molar-refractivity contribution is 6.02. The van der Waals surface area contributed by atoms with Gasteiger partial charge in [-0.3, -0.25) is 14.5 Å². The number of benzene rings is 2. The minimum Gasteiger partial charge on any atom is -0.496 e. The lowest BCUT2D eigenvalue weighted by atomic mass is 10.1. The highest BCUT2D eigenvalue weighted by Gasteiger charge is 2.37. The number of para-hydroxylation sites is 2. The Kier molecular flexibility index (Phi) is 4.74. The van der Waals surface area contributed by atoms with Crippen molar-refractivity contribution in [3.05, 3.63) is 59.7 Å². The molecule has 0 aliphatic carbocycles. The van der Waals surface area contributed by atoms with E-state index in [1.54, 1.807) is 12.0 Å². The second-order valence-electron chi connectivity index (χ2n) is 6.21. The van der Waals surface area contributed by atoms with Crippen molar-refractivity contribution in [2.24, 2.45) is 0 Å². The first-order valence-electron chi connectivity index (χ1n) is 8.34. The number of amides is 2. The van der Waals surface area contributed by atoms with Crippen LogP contribution in [0.25, 0.3) is 0 Å². The Hall–Kier alpha value is -2.82. The van der Waals surface area contributed by atoms with E-state index in [1.807, 2.05) is 55.5 Å². The van der Waals surface area contributed by atoms with Gasteiger partial charge in [0.05, 0.1) is 13.2 Å². The van der Waals surface area contributed by atoms with Gasteiger partial charge in [0.1, 0.15) is 11.8 Å². The number of hydrogen-bond donors (Lipinski definition) is 1. The Morgan fingerprint density at radius 1 is 1.16 bits per heavy atom. The molecule has 0 saturated carbocycles. The first-order chi connectivity index (χ1) is 12.0. The molecular formula is C20H22N2O3. The first kappa shape index (κ1) is 17.0. The topological polar surface area (TPSA) is 58.6 Å². The second kappa shape index (κ2) is 6.97. The van der Waals surface area contributed by atoms with Crippen molar-refractivity contribution in [3.8, 4) is 5.75 Å². The zero-order chi connectivity index (χ0) is 18.0. The van der Waals surface area contributed by atoms with Gasteiger partial charge in [0, 0.05) is 24.6 Å². The normalized spacial score (nSPS) is 16.9. The molecule has 3 rings (SSSR count). The lowest BCUT2D eigenvalue weighted by molar-refractivity contribution is -0.126. The third-order valence-electron chi connectivity index (χ3n) is 4.58. The highest BCUT2D eigenvalue weighted by Crippen LogP contribution is 2.33. The molecule has 1 aliphatic heterocycles. The molecule has 0 aromatic heterocycles. The maximum Gasteiger partial charge on any atom is 0.244 e. The number of nitrogens with one attached hydrogen (secondary N) is 1. The van der Waals surface area contributed by atoms with Crippen LogP contribution in [0.2, 0.25) is 0 Å². The van der Waals surface area contributed by atoms with Gasteiger partial charge in [0.25, 0.3) is 0 Å². The molecule has 5 nitrogen and oxygen atoms in total. The molecule has 0 fully saturated rings. The summed E-state index contributed by atoms with van der Waals surface area (Å²) >= 11 is 0. The number of rotatable bonds is 4. The molecule has 5 heteroatoms.